The van der Waals surface area contributed by atoms with Crippen LogP contribution in [-0.2, 0) is 17.8 Å². The zero-order valence-corrected chi connectivity index (χ0v) is 14.7. The first kappa shape index (κ1) is 17.6. The van der Waals surface area contributed by atoms with Crippen LogP contribution in [0.2, 0.25) is 0 Å². The summed E-state index contributed by atoms with van der Waals surface area (Å²) in [4.78, 5) is 18.6. The van der Waals surface area contributed by atoms with Crippen LogP contribution in [0.5, 0.6) is 0 Å². The maximum absolute atomic E-state index is 12.0. The number of pyridine rings is 1. The molecule has 0 spiro atoms. The molecule has 132 valence electrons. The molecule has 0 atom stereocenters. The first-order valence-corrected chi connectivity index (χ1v) is 9.21. The zero-order valence-electron chi connectivity index (χ0n) is 14.7. The standard InChI is InChI=1S/C21H27N3O/c25-21(7-6-18-4-2-1-3-5-18)23-16-19-10-14-24(15-11-19)17-20-8-12-22-13-9-20/h1-5,8-9,12-13,19H,6-7,10-11,14-17H2,(H,23,25). The number of hydrogen-bond acceptors (Lipinski definition) is 3. The van der Waals surface area contributed by atoms with Crippen molar-refractivity contribution in [3.63, 3.8) is 0 Å². The Labute approximate surface area is 150 Å². The number of rotatable bonds is 7. The first-order valence-electron chi connectivity index (χ1n) is 9.21. The summed E-state index contributed by atoms with van der Waals surface area (Å²) in [6, 6.07) is 14.4. The predicted octanol–water partition coefficient (Wildman–Crippen LogP) is 3.04. The van der Waals surface area contributed by atoms with Gasteiger partial charge in [0.2, 0.25) is 5.91 Å². The molecule has 0 saturated carbocycles. The number of hydrogen-bond donors (Lipinski definition) is 1. The monoisotopic (exact) mass is 337 g/mol. The van der Waals surface area contributed by atoms with Gasteiger partial charge in [-0.25, -0.2) is 0 Å². The number of amides is 1. The highest BCUT2D eigenvalue weighted by Crippen LogP contribution is 2.18. The molecule has 2 aromatic rings. The lowest BCUT2D eigenvalue weighted by Gasteiger charge is -2.32. The largest absolute Gasteiger partial charge is 0.356 e. The van der Waals surface area contributed by atoms with E-state index in [-0.39, 0.29) is 5.91 Å². The number of likely N-dealkylation sites (tertiary alicyclic amines) is 1. The van der Waals surface area contributed by atoms with Gasteiger partial charge in [-0.1, -0.05) is 30.3 Å². The summed E-state index contributed by atoms with van der Waals surface area (Å²) in [6.07, 6.45) is 7.41. The van der Waals surface area contributed by atoms with Crippen LogP contribution in [0.4, 0.5) is 0 Å². The second-order valence-corrected chi connectivity index (χ2v) is 6.86. The third-order valence-electron chi connectivity index (χ3n) is 4.93. The van der Waals surface area contributed by atoms with E-state index < -0.39 is 0 Å². The van der Waals surface area contributed by atoms with Crippen molar-refractivity contribution >= 4 is 5.91 Å². The van der Waals surface area contributed by atoms with Crippen LogP contribution >= 0.6 is 0 Å². The number of nitrogens with one attached hydrogen (secondary N) is 1. The molecule has 2 heterocycles. The molecule has 1 aliphatic heterocycles. The van der Waals surface area contributed by atoms with Gasteiger partial charge >= 0.3 is 0 Å². The van der Waals surface area contributed by atoms with E-state index in [4.69, 9.17) is 0 Å². The summed E-state index contributed by atoms with van der Waals surface area (Å²) < 4.78 is 0. The van der Waals surface area contributed by atoms with E-state index >= 15 is 0 Å². The van der Waals surface area contributed by atoms with E-state index in [0.29, 0.717) is 12.3 Å². The Morgan fingerprint density at radius 3 is 2.48 bits per heavy atom. The minimum atomic E-state index is 0.170. The Balaban J connectivity index is 1.31. The summed E-state index contributed by atoms with van der Waals surface area (Å²) in [5.74, 6) is 0.775. The molecule has 25 heavy (non-hydrogen) atoms. The van der Waals surface area contributed by atoms with E-state index in [2.05, 4.69) is 39.5 Å². The average Bonchev–Trinajstić information content (AvgIpc) is 2.67. The van der Waals surface area contributed by atoms with Crippen LogP contribution in [0, 0.1) is 5.92 Å². The number of carbonyl (C=O) groups is 1. The molecule has 1 N–H and O–H groups in total. The lowest BCUT2D eigenvalue weighted by Crippen LogP contribution is -2.38. The molecule has 1 aromatic carbocycles. The fourth-order valence-corrected chi connectivity index (χ4v) is 3.34. The third-order valence-corrected chi connectivity index (χ3v) is 4.93. The van der Waals surface area contributed by atoms with Crippen molar-refractivity contribution in [2.24, 2.45) is 5.92 Å². The van der Waals surface area contributed by atoms with Crippen molar-refractivity contribution in [3.8, 4) is 0 Å². The van der Waals surface area contributed by atoms with Gasteiger partial charge in [-0.3, -0.25) is 14.7 Å². The number of benzene rings is 1. The molecular formula is C21H27N3O. The minimum absolute atomic E-state index is 0.170. The van der Waals surface area contributed by atoms with Crippen molar-refractivity contribution in [1.29, 1.82) is 0 Å². The van der Waals surface area contributed by atoms with Gasteiger partial charge in [-0.2, -0.15) is 0 Å². The molecule has 4 heteroatoms. The molecule has 0 aliphatic carbocycles. The average molecular weight is 337 g/mol. The predicted molar refractivity (Wildman–Crippen MR) is 100 cm³/mol. The second kappa shape index (κ2) is 9.33. The molecule has 1 aliphatic rings. The highest BCUT2D eigenvalue weighted by molar-refractivity contribution is 5.76. The van der Waals surface area contributed by atoms with E-state index in [1.54, 1.807) is 0 Å². The van der Waals surface area contributed by atoms with Crippen LogP contribution in [0.15, 0.2) is 54.9 Å². The van der Waals surface area contributed by atoms with Crippen molar-refractivity contribution in [2.45, 2.75) is 32.2 Å². The summed E-state index contributed by atoms with van der Waals surface area (Å²) in [5, 5.41) is 3.12. The number of aryl methyl sites for hydroxylation is 1. The maximum atomic E-state index is 12.0. The Hall–Kier alpha value is -2.20. The summed E-state index contributed by atoms with van der Waals surface area (Å²) in [6.45, 7) is 4.02. The third kappa shape index (κ3) is 5.98. The van der Waals surface area contributed by atoms with Crippen LogP contribution in [0.1, 0.15) is 30.4 Å². The Morgan fingerprint density at radius 2 is 1.76 bits per heavy atom. The number of piperidine rings is 1. The van der Waals surface area contributed by atoms with E-state index in [1.165, 1.54) is 11.1 Å². The van der Waals surface area contributed by atoms with Crippen molar-refractivity contribution in [1.82, 2.24) is 15.2 Å². The SMILES string of the molecule is O=C(CCc1ccccc1)NCC1CCN(Cc2ccncc2)CC1. The Kier molecular flexibility index (Phi) is 6.57. The molecule has 0 unspecified atom stereocenters. The Bertz CT molecular complexity index is 637. The molecule has 1 saturated heterocycles. The van der Waals surface area contributed by atoms with Crippen molar-refractivity contribution in [2.75, 3.05) is 19.6 Å². The van der Waals surface area contributed by atoms with Crippen molar-refractivity contribution < 1.29 is 4.79 Å². The summed E-state index contributed by atoms with van der Waals surface area (Å²) in [5.41, 5.74) is 2.55. The molecule has 1 amide bonds. The molecular weight excluding hydrogens is 310 g/mol. The minimum Gasteiger partial charge on any atom is -0.356 e. The molecule has 0 bridgehead atoms. The van der Waals surface area contributed by atoms with Gasteiger partial charge in [0.1, 0.15) is 0 Å². The van der Waals surface area contributed by atoms with E-state index in [0.717, 1.165) is 45.4 Å². The van der Waals surface area contributed by atoms with Gasteiger partial charge in [0.05, 0.1) is 0 Å². The van der Waals surface area contributed by atoms with E-state index in [1.807, 2.05) is 30.6 Å². The van der Waals surface area contributed by atoms with E-state index in [9.17, 15) is 4.79 Å². The van der Waals surface area contributed by atoms with Crippen LogP contribution in [0.25, 0.3) is 0 Å². The van der Waals surface area contributed by atoms with Crippen LogP contribution in [-0.4, -0.2) is 35.4 Å². The van der Waals surface area contributed by atoms with Gasteiger partial charge in [0.15, 0.2) is 0 Å². The highest BCUT2D eigenvalue weighted by Gasteiger charge is 2.19. The van der Waals surface area contributed by atoms with Crippen LogP contribution < -0.4 is 5.32 Å². The molecule has 1 fully saturated rings. The maximum Gasteiger partial charge on any atom is 0.220 e. The lowest BCUT2D eigenvalue weighted by molar-refractivity contribution is -0.121. The molecule has 1 aromatic heterocycles. The highest BCUT2D eigenvalue weighted by atomic mass is 16.1. The first-order chi connectivity index (χ1) is 12.3. The quantitative estimate of drug-likeness (QED) is 0.845. The van der Waals surface area contributed by atoms with Crippen LogP contribution in [0.3, 0.4) is 0 Å². The van der Waals surface area contributed by atoms with Gasteiger partial charge in [0, 0.05) is 31.9 Å². The Morgan fingerprint density at radius 1 is 1.04 bits per heavy atom. The van der Waals surface area contributed by atoms with Gasteiger partial charge < -0.3 is 5.32 Å². The number of nitrogens with zero attached hydrogens (tertiary/aromatic N) is 2. The summed E-state index contributed by atoms with van der Waals surface area (Å²) >= 11 is 0. The fourth-order valence-electron chi connectivity index (χ4n) is 3.34. The molecule has 0 radical (unpaired) electrons. The fraction of sp³-hybridized carbons (Fsp3) is 0.429. The summed E-state index contributed by atoms with van der Waals surface area (Å²) in [7, 11) is 0. The van der Waals surface area contributed by atoms with Gasteiger partial charge in [-0.15, -0.1) is 0 Å². The van der Waals surface area contributed by atoms with Gasteiger partial charge in [0.25, 0.3) is 0 Å². The number of carbonyl (C=O) groups excluding carboxylic acids is 1. The lowest BCUT2D eigenvalue weighted by atomic mass is 9.96. The smallest absolute Gasteiger partial charge is 0.220 e. The number of aromatic nitrogens is 1. The van der Waals surface area contributed by atoms with Gasteiger partial charge in [-0.05, 0) is 61.5 Å². The zero-order chi connectivity index (χ0) is 17.3. The molecule has 4 nitrogen and oxygen atoms in total. The normalized spacial score (nSPS) is 15.8. The molecule has 3 rings (SSSR count). The second-order valence-electron chi connectivity index (χ2n) is 6.86. The van der Waals surface area contributed by atoms with Crippen molar-refractivity contribution in [3.05, 3.63) is 66.0 Å². The topological polar surface area (TPSA) is 45.2 Å².